The lowest BCUT2D eigenvalue weighted by atomic mass is 9.96. The van der Waals surface area contributed by atoms with E-state index in [9.17, 15) is 4.79 Å². The second-order valence-electron chi connectivity index (χ2n) is 6.69. The molecule has 0 saturated carbocycles. The Morgan fingerprint density at radius 2 is 1.88 bits per heavy atom. The normalized spacial score (nSPS) is 16.2. The van der Waals surface area contributed by atoms with Crippen LogP contribution in [0.15, 0.2) is 54.6 Å². The highest BCUT2D eigenvalue weighted by Gasteiger charge is 2.17. The van der Waals surface area contributed by atoms with Crippen LogP contribution in [0.3, 0.4) is 0 Å². The second kappa shape index (κ2) is 7.89. The molecule has 4 rings (SSSR count). The maximum atomic E-state index is 12.0. The summed E-state index contributed by atoms with van der Waals surface area (Å²) in [4.78, 5) is 13.3. The average molecular weight is 366 g/mol. The Morgan fingerprint density at radius 3 is 2.77 bits per heavy atom. The highest BCUT2D eigenvalue weighted by molar-refractivity contribution is 7.19. The van der Waals surface area contributed by atoms with Gasteiger partial charge in [0.1, 0.15) is 0 Å². The molecule has 1 aliphatic heterocycles. The predicted molar refractivity (Wildman–Crippen MR) is 108 cm³/mol. The summed E-state index contributed by atoms with van der Waals surface area (Å²) in [5, 5.41) is 10.7. The minimum Gasteiger partial charge on any atom is -0.338 e. The molecule has 2 amide bonds. The Kier molecular flexibility index (Phi) is 5.18. The summed E-state index contributed by atoms with van der Waals surface area (Å²) in [6.07, 6.45) is 1.82. The third-order valence-electron chi connectivity index (χ3n) is 4.81. The fourth-order valence-corrected chi connectivity index (χ4v) is 4.47. The Morgan fingerprint density at radius 1 is 1.08 bits per heavy atom. The van der Waals surface area contributed by atoms with Crippen LogP contribution < -0.4 is 16.0 Å². The fourth-order valence-electron chi connectivity index (χ4n) is 3.40. The van der Waals surface area contributed by atoms with E-state index in [4.69, 9.17) is 0 Å². The Labute approximate surface area is 157 Å². The van der Waals surface area contributed by atoms with Crippen molar-refractivity contribution in [1.29, 1.82) is 0 Å². The van der Waals surface area contributed by atoms with Crippen molar-refractivity contribution < 1.29 is 4.79 Å². The monoisotopic (exact) mass is 365 g/mol. The van der Waals surface area contributed by atoms with Gasteiger partial charge in [0, 0.05) is 35.3 Å². The van der Waals surface area contributed by atoms with Crippen LogP contribution in [-0.4, -0.2) is 25.2 Å². The van der Waals surface area contributed by atoms with Gasteiger partial charge in [0.2, 0.25) is 0 Å². The van der Waals surface area contributed by atoms with Crippen LogP contribution in [0.4, 0.5) is 4.79 Å². The number of carbonyl (C=O) groups excluding carboxylic acids is 1. The van der Waals surface area contributed by atoms with Gasteiger partial charge >= 0.3 is 6.03 Å². The molecule has 2 heterocycles. The first-order valence-corrected chi connectivity index (χ1v) is 9.89. The lowest BCUT2D eigenvalue weighted by Crippen LogP contribution is -2.47. The Bertz CT molecular complexity index is 872. The van der Waals surface area contributed by atoms with E-state index in [0.717, 1.165) is 19.4 Å². The van der Waals surface area contributed by atoms with E-state index in [1.807, 2.05) is 0 Å². The maximum absolute atomic E-state index is 12.0. The van der Waals surface area contributed by atoms with Crippen LogP contribution in [0.2, 0.25) is 0 Å². The minimum atomic E-state index is -0.0910. The van der Waals surface area contributed by atoms with Crippen molar-refractivity contribution in [2.24, 2.45) is 0 Å². The summed E-state index contributed by atoms with van der Waals surface area (Å²) in [5.74, 6) is 0. The highest BCUT2D eigenvalue weighted by Crippen LogP contribution is 2.25. The first kappa shape index (κ1) is 17.1. The van der Waals surface area contributed by atoms with Gasteiger partial charge in [-0.3, -0.25) is 0 Å². The molecule has 0 radical (unpaired) electrons. The number of fused-ring (bicyclic) bond motifs is 2. The molecule has 3 aromatic rings. The van der Waals surface area contributed by atoms with Crippen LogP contribution >= 0.6 is 11.3 Å². The van der Waals surface area contributed by atoms with Gasteiger partial charge in [-0.15, -0.1) is 11.3 Å². The maximum Gasteiger partial charge on any atom is 0.314 e. The van der Waals surface area contributed by atoms with Crippen molar-refractivity contribution in [2.45, 2.75) is 25.4 Å². The summed E-state index contributed by atoms with van der Waals surface area (Å²) in [6.45, 7) is 2.17. The zero-order chi connectivity index (χ0) is 17.8. The summed E-state index contributed by atoms with van der Waals surface area (Å²) < 4.78 is 1.30. The van der Waals surface area contributed by atoms with Crippen molar-refractivity contribution in [3.05, 3.63) is 70.6 Å². The number of thiophene rings is 1. The highest BCUT2D eigenvalue weighted by atomic mass is 32.1. The smallest absolute Gasteiger partial charge is 0.314 e. The van der Waals surface area contributed by atoms with Crippen LogP contribution in [0, 0.1) is 0 Å². The number of urea groups is 1. The number of amides is 2. The van der Waals surface area contributed by atoms with Gasteiger partial charge in [0.15, 0.2) is 0 Å². The molecule has 1 atom stereocenters. The number of carbonyl (C=O) groups is 1. The van der Waals surface area contributed by atoms with Crippen LogP contribution in [0.1, 0.15) is 16.0 Å². The predicted octanol–water partition coefficient (Wildman–Crippen LogP) is 3.46. The van der Waals surface area contributed by atoms with Gasteiger partial charge in [-0.05, 0) is 41.5 Å². The molecule has 4 nitrogen and oxygen atoms in total. The largest absolute Gasteiger partial charge is 0.338 e. The first-order valence-electron chi connectivity index (χ1n) is 9.07. The molecule has 0 saturated heterocycles. The number of nitrogens with one attached hydrogen (secondary N) is 3. The second-order valence-corrected chi connectivity index (χ2v) is 7.86. The number of hydrogen-bond acceptors (Lipinski definition) is 3. The Balaban J connectivity index is 1.20. The molecule has 1 aromatic heterocycles. The summed E-state index contributed by atoms with van der Waals surface area (Å²) in [6, 6.07) is 19.3. The zero-order valence-corrected chi connectivity index (χ0v) is 15.4. The van der Waals surface area contributed by atoms with Crippen LogP contribution in [-0.2, 0) is 19.4 Å². The van der Waals surface area contributed by atoms with Gasteiger partial charge in [-0.25, -0.2) is 4.79 Å². The summed E-state index contributed by atoms with van der Waals surface area (Å²) in [5.41, 5.74) is 2.74. The number of rotatable bonds is 5. The molecular formula is C21H23N3OS. The number of benzene rings is 2. The molecule has 2 aromatic carbocycles. The topological polar surface area (TPSA) is 53.2 Å². The van der Waals surface area contributed by atoms with Crippen molar-refractivity contribution in [2.75, 3.05) is 13.1 Å². The lowest BCUT2D eigenvalue weighted by Gasteiger charge is -2.26. The third-order valence-corrected chi connectivity index (χ3v) is 5.98. The minimum absolute atomic E-state index is 0.0910. The molecule has 0 fully saturated rings. The van der Waals surface area contributed by atoms with Crippen LogP contribution in [0.25, 0.3) is 10.1 Å². The molecule has 134 valence electrons. The van der Waals surface area contributed by atoms with Crippen molar-refractivity contribution in [1.82, 2.24) is 16.0 Å². The SMILES string of the molecule is O=C(NCCc1cc2ccccc2s1)NC[C@@H]1Cc2ccccc2CN1. The quantitative estimate of drug-likeness (QED) is 0.649. The van der Waals surface area contributed by atoms with E-state index in [2.05, 4.69) is 70.5 Å². The lowest BCUT2D eigenvalue weighted by molar-refractivity contribution is 0.239. The Hall–Kier alpha value is -2.37. The van der Waals surface area contributed by atoms with Crippen molar-refractivity contribution in [3.63, 3.8) is 0 Å². The van der Waals surface area contributed by atoms with Gasteiger partial charge < -0.3 is 16.0 Å². The van der Waals surface area contributed by atoms with E-state index in [-0.39, 0.29) is 6.03 Å². The fraction of sp³-hybridized carbons (Fsp3) is 0.286. The molecule has 1 aliphatic rings. The van der Waals surface area contributed by atoms with Gasteiger partial charge in [0.25, 0.3) is 0 Å². The van der Waals surface area contributed by atoms with E-state index in [1.165, 1.54) is 26.1 Å². The molecule has 5 heteroatoms. The third kappa shape index (κ3) is 4.06. The molecule has 0 bridgehead atoms. The van der Waals surface area contributed by atoms with Crippen molar-refractivity contribution >= 4 is 27.5 Å². The standard InChI is InChI=1S/C21H23N3OS/c25-21(22-10-9-19-12-16-6-3-4-8-20(16)26-19)24-14-18-11-15-5-1-2-7-17(15)13-23-18/h1-8,12,18,23H,9-11,13-14H2,(H2,22,24,25)/t18-/m0/s1. The van der Waals surface area contributed by atoms with E-state index in [1.54, 1.807) is 11.3 Å². The first-order chi connectivity index (χ1) is 12.8. The molecule has 0 aliphatic carbocycles. The van der Waals surface area contributed by atoms with Gasteiger partial charge in [-0.2, -0.15) is 0 Å². The van der Waals surface area contributed by atoms with E-state index >= 15 is 0 Å². The summed E-state index contributed by atoms with van der Waals surface area (Å²) >= 11 is 1.80. The van der Waals surface area contributed by atoms with E-state index in [0.29, 0.717) is 19.1 Å². The van der Waals surface area contributed by atoms with Gasteiger partial charge in [0.05, 0.1) is 0 Å². The molecule has 0 unspecified atom stereocenters. The van der Waals surface area contributed by atoms with Crippen molar-refractivity contribution in [3.8, 4) is 0 Å². The molecule has 26 heavy (non-hydrogen) atoms. The van der Waals surface area contributed by atoms with E-state index < -0.39 is 0 Å². The molecular weight excluding hydrogens is 342 g/mol. The number of hydrogen-bond donors (Lipinski definition) is 3. The molecule has 3 N–H and O–H groups in total. The van der Waals surface area contributed by atoms with Gasteiger partial charge in [-0.1, -0.05) is 42.5 Å². The van der Waals surface area contributed by atoms with Crippen LogP contribution in [0.5, 0.6) is 0 Å². The average Bonchev–Trinajstić information content (AvgIpc) is 3.09. The molecule has 0 spiro atoms. The summed E-state index contributed by atoms with van der Waals surface area (Å²) in [7, 11) is 0. The zero-order valence-electron chi connectivity index (χ0n) is 14.6.